The SMILES string of the molecule is Cc1nc(Cn2c(N)nc3c(C)ccnc32)no1. The van der Waals surface area contributed by atoms with Crippen LogP contribution in [0.15, 0.2) is 16.8 Å². The number of aryl methyl sites for hydroxylation is 2. The summed E-state index contributed by atoms with van der Waals surface area (Å²) in [6.45, 7) is 4.11. The third-order valence-electron chi connectivity index (χ3n) is 2.73. The zero-order valence-corrected chi connectivity index (χ0v) is 10.1. The standard InChI is InChI=1S/C11H12N6O/c1-6-3-4-13-10-9(6)15-11(12)17(10)5-8-14-7(2)18-16-8/h3-4H,5H2,1-2H3,(H2,12,15). The van der Waals surface area contributed by atoms with Crippen molar-refractivity contribution in [3.05, 3.63) is 29.5 Å². The number of imidazole rings is 1. The molecule has 0 saturated carbocycles. The van der Waals surface area contributed by atoms with Gasteiger partial charge in [0.05, 0.1) is 6.54 Å². The van der Waals surface area contributed by atoms with Gasteiger partial charge in [0.1, 0.15) is 5.52 Å². The zero-order valence-electron chi connectivity index (χ0n) is 10.1. The van der Waals surface area contributed by atoms with E-state index in [0.29, 0.717) is 24.2 Å². The largest absolute Gasteiger partial charge is 0.369 e. The monoisotopic (exact) mass is 244 g/mol. The molecule has 7 heteroatoms. The van der Waals surface area contributed by atoms with E-state index in [1.165, 1.54) is 0 Å². The second-order valence-electron chi connectivity index (χ2n) is 4.09. The van der Waals surface area contributed by atoms with Gasteiger partial charge in [-0.1, -0.05) is 5.16 Å². The van der Waals surface area contributed by atoms with Gasteiger partial charge in [0.25, 0.3) is 0 Å². The Kier molecular flexibility index (Phi) is 2.26. The van der Waals surface area contributed by atoms with Crippen molar-refractivity contribution in [1.82, 2.24) is 24.7 Å². The highest BCUT2D eigenvalue weighted by Gasteiger charge is 2.13. The lowest BCUT2D eigenvalue weighted by Gasteiger charge is -2.01. The van der Waals surface area contributed by atoms with Crippen LogP contribution in [0.3, 0.4) is 0 Å². The second kappa shape index (κ2) is 3.80. The molecule has 0 radical (unpaired) electrons. The van der Waals surface area contributed by atoms with E-state index in [0.717, 1.165) is 16.7 Å². The Morgan fingerprint density at radius 3 is 2.89 bits per heavy atom. The maximum atomic E-state index is 5.90. The third-order valence-corrected chi connectivity index (χ3v) is 2.73. The molecule has 0 bridgehead atoms. The Morgan fingerprint density at radius 1 is 1.33 bits per heavy atom. The molecule has 0 aliphatic heterocycles. The summed E-state index contributed by atoms with van der Waals surface area (Å²) >= 11 is 0. The van der Waals surface area contributed by atoms with E-state index in [4.69, 9.17) is 10.3 Å². The lowest BCUT2D eigenvalue weighted by atomic mass is 10.3. The number of aromatic nitrogens is 5. The highest BCUT2D eigenvalue weighted by atomic mass is 16.5. The third kappa shape index (κ3) is 1.60. The van der Waals surface area contributed by atoms with Crippen LogP contribution in [-0.2, 0) is 6.54 Å². The molecule has 0 atom stereocenters. The number of fused-ring (bicyclic) bond motifs is 1. The smallest absolute Gasteiger partial charge is 0.223 e. The van der Waals surface area contributed by atoms with Gasteiger partial charge in [0, 0.05) is 13.1 Å². The number of nitrogens with zero attached hydrogens (tertiary/aromatic N) is 5. The first-order valence-electron chi connectivity index (χ1n) is 5.51. The van der Waals surface area contributed by atoms with Crippen LogP contribution in [0.4, 0.5) is 5.95 Å². The molecule has 0 saturated heterocycles. The molecule has 0 aliphatic carbocycles. The van der Waals surface area contributed by atoms with Crippen LogP contribution >= 0.6 is 0 Å². The molecule has 0 amide bonds. The first-order chi connectivity index (χ1) is 8.65. The number of pyridine rings is 1. The van der Waals surface area contributed by atoms with E-state index in [1.54, 1.807) is 17.7 Å². The molecule has 3 heterocycles. The molecule has 3 aromatic heterocycles. The van der Waals surface area contributed by atoms with Gasteiger partial charge >= 0.3 is 0 Å². The molecule has 92 valence electrons. The minimum absolute atomic E-state index is 0.397. The normalized spacial score (nSPS) is 11.2. The molecule has 18 heavy (non-hydrogen) atoms. The van der Waals surface area contributed by atoms with Gasteiger partial charge in [-0.2, -0.15) is 4.98 Å². The van der Waals surface area contributed by atoms with Crippen molar-refractivity contribution in [1.29, 1.82) is 0 Å². The van der Waals surface area contributed by atoms with Crippen molar-refractivity contribution in [2.45, 2.75) is 20.4 Å². The Hall–Kier alpha value is -2.44. The average molecular weight is 244 g/mol. The minimum atomic E-state index is 0.397. The summed E-state index contributed by atoms with van der Waals surface area (Å²) in [6, 6.07) is 1.90. The Bertz CT molecular complexity index is 713. The molecule has 0 aromatic carbocycles. The molecular formula is C11H12N6O. The van der Waals surface area contributed by atoms with Crippen molar-refractivity contribution in [2.75, 3.05) is 5.73 Å². The summed E-state index contributed by atoms with van der Waals surface area (Å²) in [5.74, 6) is 1.48. The second-order valence-corrected chi connectivity index (χ2v) is 4.09. The fourth-order valence-electron chi connectivity index (χ4n) is 1.86. The molecule has 0 fully saturated rings. The van der Waals surface area contributed by atoms with E-state index >= 15 is 0 Å². The van der Waals surface area contributed by atoms with Crippen molar-refractivity contribution in [2.24, 2.45) is 0 Å². The Morgan fingerprint density at radius 2 is 2.17 bits per heavy atom. The summed E-state index contributed by atoms with van der Waals surface area (Å²) in [4.78, 5) is 12.8. The average Bonchev–Trinajstić information content (AvgIpc) is 2.87. The maximum Gasteiger partial charge on any atom is 0.223 e. The number of rotatable bonds is 2. The molecule has 3 rings (SSSR count). The maximum absolute atomic E-state index is 5.90. The first kappa shape index (κ1) is 10.7. The van der Waals surface area contributed by atoms with E-state index < -0.39 is 0 Å². The van der Waals surface area contributed by atoms with Crippen LogP contribution in [0.5, 0.6) is 0 Å². The van der Waals surface area contributed by atoms with Crippen LogP contribution in [0.2, 0.25) is 0 Å². The molecule has 0 unspecified atom stereocenters. The van der Waals surface area contributed by atoms with Crippen LogP contribution in [0.1, 0.15) is 17.3 Å². The Labute approximate surface area is 103 Å². The molecule has 0 spiro atoms. The van der Waals surface area contributed by atoms with Gasteiger partial charge in [-0.05, 0) is 18.6 Å². The number of hydrogen-bond donors (Lipinski definition) is 1. The fourth-order valence-corrected chi connectivity index (χ4v) is 1.86. The molecule has 3 aromatic rings. The van der Waals surface area contributed by atoms with Gasteiger partial charge in [0.2, 0.25) is 11.8 Å². The summed E-state index contributed by atoms with van der Waals surface area (Å²) in [7, 11) is 0. The highest BCUT2D eigenvalue weighted by Crippen LogP contribution is 2.19. The topological polar surface area (TPSA) is 95.7 Å². The van der Waals surface area contributed by atoms with Gasteiger partial charge in [-0.15, -0.1) is 0 Å². The predicted molar refractivity (Wildman–Crippen MR) is 64.8 cm³/mol. The number of hydrogen-bond acceptors (Lipinski definition) is 6. The molecule has 0 aliphatic rings. The molecule has 2 N–H and O–H groups in total. The summed E-state index contributed by atoms with van der Waals surface area (Å²) in [6.07, 6.45) is 1.73. The summed E-state index contributed by atoms with van der Waals surface area (Å²) < 4.78 is 6.70. The van der Waals surface area contributed by atoms with Crippen LogP contribution < -0.4 is 5.73 Å². The summed E-state index contributed by atoms with van der Waals surface area (Å²) in [5.41, 5.74) is 8.47. The van der Waals surface area contributed by atoms with Gasteiger partial charge < -0.3 is 10.3 Å². The van der Waals surface area contributed by atoms with Crippen LogP contribution in [0.25, 0.3) is 11.2 Å². The number of nitrogens with two attached hydrogens (primary N) is 1. The van der Waals surface area contributed by atoms with Gasteiger partial charge in [-0.25, -0.2) is 9.97 Å². The van der Waals surface area contributed by atoms with Gasteiger partial charge in [0.15, 0.2) is 11.5 Å². The lowest BCUT2D eigenvalue weighted by Crippen LogP contribution is -2.06. The van der Waals surface area contributed by atoms with Crippen LogP contribution in [-0.4, -0.2) is 24.7 Å². The zero-order chi connectivity index (χ0) is 12.7. The quantitative estimate of drug-likeness (QED) is 0.724. The van der Waals surface area contributed by atoms with E-state index in [2.05, 4.69) is 20.1 Å². The molecular weight excluding hydrogens is 232 g/mol. The highest BCUT2D eigenvalue weighted by molar-refractivity contribution is 5.77. The van der Waals surface area contributed by atoms with Crippen molar-refractivity contribution in [3.8, 4) is 0 Å². The first-order valence-corrected chi connectivity index (χ1v) is 5.51. The van der Waals surface area contributed by atoms with E-state index in [-0.39, 0.29) is 0 Å². The van der Waals surface area contributed by atoms with E-state index in [1.807, 2.05) is 13.0 Å². The van der Waals surface area contributed by atoms with Crippen molar-refractivity contribution in [3.63, 3.8) is 0 Å². The fraction of sp³-hybridized carbons (Fsp3) is 0.273. The number of anilines is 1. The predicted octanol–water partition coefficient (Wildman–Crippen LogP) is 1.06. The minimum Gasteiger partial charge on any atom is -0.369 e. The van der Waals surface area contributed by atoms with E-state index in [9.17, 15) is 0 Å². The molecule has 7 nitrogen and oxygen atoms in total. The van der Waals surface area contributed by atoms with Crippen molar-refractivity contribution < 1.29 is 4.52 Å². The van der Waals surface area contributed by atoms with Crippen LogP contribution in [0, 0.1) is 13.8 Å². The van der Waals surface area contributed by atoms with Gasteiger partial charge in [-0.3, -0.25) is 4.57 Å². The lowest BCUT2D eigenvalue weighted by molar-refractivity contribution is 0.386. The summed E-state index contributed by atoms with van der Waals surface area (Å²) in [5, 5.41) is 3.84. The van der Waals surface area contributed by atoms with Crippen molar-refractivity contribution >= 4 is 17.1 Å². The number of nitrogen functional groups attached to an aromatic ring is 1. The Balaban J connectivity index is 2.11.